The van der Waals surface area contributed by atoms with Crippen LogP contribution in [0.5, 0.6) is 23.0 Å². The molecule has 0 bridgehead atoms. The number of primary sulfonamides is 1. The molecule has 0 spiro atoms. The highest BCUT2D eigenvalue weighted by molar-refractivity contribution is 7.91. The van der Waals surface area contributed by atoms with E-state index in [1.54, 1.807) is 84.9 Å². The SMILES string of the molecule is C=C[C@@H]1C[C@]1(NC(=O)[C@@H]1Cc2cc(Oc3cccc(Cl)c3)ccc2CN1C(=O)[C@@H](Nc1ccc(F)cc1)C(C)(C)C)C(=O)NS(=O)(=O)C1CC1.C=C[C@@H]1C[C@]1(NC(=O)[C@@H]1Cc2cc(Oc3cccc(Cl)c3)ccc2CN1C(=O)[C@@H](Nc1ccc(F)cc1)C(C)(C)C)C(=O)NS(=O)(=O)C1CC1.NS(=O)(=O)C1CC1. The van der Waals surface area contributed by atoms with Gasteiger partial charge in [0.2, 0.25) is 53.7 Å². The van der Waals surface area contributed by atoms with Crippen molar-refractivity contribution in [2.45, 2.75) is 170 Å². The lowest BCUT2D eigenvalue weighted by Gasteiger charge is -2.41. The minimum absolute atomic E-state index is 0.0710. The molecule has 6 amide bonds. The summed E-state index contributed by atoms with van der Waals surface area (Å²) in [5.74, 6) is -3.38. The van der Waals surface area contributed by atoms with Gasteiger partial charge in [-0.15, -0.1) is 13.2 Å². The number of carbonyl (C=O) groups is 6. The van der Waals surface area contributed by atoms with E-state index in [1.165, 1.54) is 46.2 Å². The number of halogens is 4. The number of benzene rings is 6. The second-order valence-electron chi connectivity index (χ2n) is 30.4. The van der Waals surface area contributed by atoms with Crippen LogP contribution in [-0.2, 0) is 84.8 Å². The number of nitrogens with zero attached hydrogens (tertiary/aromatic N) is 2. The Hall–Kier alpha value is -8.93. The molecule has 0 aromatic heterocycles. The zero-order valence-corrected chi connectivity index (χ0v) is 63.8. The molecule has 2 aliphatic heterocycles. The number of anilines is 2. The van der Waals surface area contributed by atoms with E-state index < -0.39 is 134 Å². The van der Waals surface area contributed by atoms with Crippen molar-refractivity contribution in [1.82, 2.24) is 29.9 Å². The summed E-state index contributed by atoms with van der Waals surface area (Å²) in [7, 11) is -10.9. The molecule has 8 N–H and O–H groups in total. The third kappa shape index (κ3) is 19.1. The highest BCUT2D eigenvalue weighted by atomic mass is 35.5. The summed E-state index contributed by atoms with van der Waals surface area (Å²) in [4.78, 5) is 87.8. The first kappa shape index (κ1) is 79.1. The van der Waals surface area contributed by atoms with Crippen LogP contribution in [0.15, 0.2) is 159 Å². The molecule has 5 aliphatic carbocycles. The number of nitrogens with one attached hydrogen (secondary N) is 6. The predicted molar refractivity (Wildman–Crippen MR) is 403 cm³/mol. The molecule has 5 saturated carbocycles. The molecule has 570 valence electrons. The van der Waals surface area contributed by atoms with Crippen molar-refractivity contribution in [3.63, 3.8) is 0 Å². The van der Waals surface area contributed by atoms with E-state index >= 15 is 0 Å². The van der Waals surface area contributed by atoms with Gasteiger partial charge in [0, 0.05) is 59.2 Å². The quantitative estimate of drug-likeness (QED) is 0.0293. The first-order valence-corrected chi connectivity index (χ1v) is 40.5. The van der Waals surface area contributed by atoms with Crippen molar-refractivity contribution in [2.75, 3.05) is 10.6 Å². The average molecular weight is 1570 g/mol. The fraction of sp³-hybridized carbons (Fsp3) is 0.403. The summed E-state index contributed by atoms with van der Waals surface area (Å²) in [5.41, 5.74) is -0.167. The molecule has 23 nitrogen and oxygen atoms in total. The summed E-state index contributed by atoms with van der Waals surface area (Å²) >= 11 is 12.3. The number of hydrogen-bond donors (Lipinski definition) is 7. The standard InChI is InChI=1S/2C37H40ClFN4O6S.C3H7NO2S/c2*1-5-24-20-37(24,35(46)42-50(47,48)30-15-16-30)41-33(44)31-18-23-17-29(49-28-8-6-7-25(38)19-28)14-9-22(23)21-43(31)34(45)32(36(2,3)4)40-27-12-10-26(39)11-13-27;4-7(5,6)3-1-2-3/h2*5-14,17,19,24,30-32,40H,1,15-16,18,20-21H2,2-4H3,(H,41,44)(H,42,46);3H,1-2H2,(H2,4,5,6)/t2*24-,31+,32-,37-;/m11./s1. The Labute approximate surface area is 632 Å². The van der Waals surface area contributed by atoms with Gasteiger partial charge in [-0.1, -0.05) is 101 Å². The van der Waals surface area contributed by atoms with Gasteiger partial charge in [0.1, 0.15) is 69.9 Å². The minimum Gasteiger partial charge on any atom is -0.457 e. The third-order valence-corrected chi connectivity index (χ3v) is 25.4. The maximum Gasteiger partial charge on any atom is 0.259 e. The van der Waals surface area contributed by atoms with Gasteiger partial charge in [0.25, 0.3) is 11.8 Å². The molecule has 30 heteroatoms. The minimum atomic E-state index is -3.88. The monoisotopic (exact) mass is 1570 g/mol. The van der Waals surface area contributed by atoms with Gasteiger partial charge in [0.05, 0.1) is 15.7 Å². The lowest BCUT2D eigenvalue weighted by atomic mass is 9.84. The molecule has 107 heavy (non-hydrogen) atoms. The van der Waals surface area contributed by atoms with E-state index in [4.69, 9.17) is 37.8 Å². The van der Waals surface area contributed by atoms with Gasteiger partial charge < -0.3 is 40.5 Å². The summed E-state index contributed by atoms with van der Waals surface area (Å²) in [6.07, 6.45) is 6.94. The third-order valence-electron chi connectivity index (χ3n) is 19.9. The zero-order valence-electron chi connectivity index (χ0n) is 59.9. The second-order valence-corrected chi connectivity index (χ2v) is 37.0. The van der Waals surface area contributed by atoms with E-state index in [-0.39, 0.29) is 55.8 Å². The van der Waals surface area contributed by atoms with Crippen LogP contribution in [0, 0.1) is 34.3 Å². The summed E-state index contributed by atoms with van der Waals surface area (Å²) in [5, 5.41) is 16.4. The Kier molecular flexibility index (Phi) is 22.9. The molecule has 6 aromatic rings. The number of nitrogens with two attached hydrogens (primary N) is 1. The van der Waals surface area contributed by atoms with Gasteiger partial charge in [-0.3, -0.25) is 38.2 Å². The first-order chi connectivity index (χ1) is 50.3. The van der Waals surface area contributed by atoms with Crippen molar-refractivity contribution in [3.8, 4) is 23.0 Å². The van der Waals surface area contributed by atoms with Crippen LogP contribution in [0.4, 0.5) is 20.2 Å². The number of amides is 6. The Morgan fingerprint density at radius 3 is 1.15 bits per heavy atom. The van der Waals surface area contributed by atoms with Crippen molar-refractivity contribution < 1.29 is 72.3 Å². The van der Waals surface area contributed by atoms with Gasteiger partial charge in [0.15, 0.2) is 0 Å². The maximum atomic E-state index is 14.6. The van der Waals surface area contributed by atoms with Crippen LogP contribution in [0.1, 0.15) is 115 Å². The van der Waals surface area contributed by atoms with Crippen molar-refractivity contribution >= 4 is 100 Å². The topological polar surface area (TPSA) is 328 Å². The normalized spacial score (nSPS) is 22.1. The predicted octanol–water partition coefficient (Wildman–Crippen LogP) is 10.9. The number of rotatable bonds is 23. The Morgan fingerprint density at radius 1 is 0.514 bits per heavy atom. The highest BCUT2D eigenvalue weighted by Gasteiger charge is 2.63. The average Bonchev–Trinajstić information content (AvgIpc) is 1.59. The molecule has 0 radical (unpaired) electrons. The highest BCUT2D eigenvalue weighted by Crippen LogP contribution is 2.48. The lowest BCUT2D eigenvalue weighted by Crippen LogP contribution is -2.61. The number of hydrogen-bond acceptors (Lipinski definition) is 16. The van der Waals surface area contributed by atoms with Gasteiger partial charge in [-0.25, -0.2) is 39.2 Å². The molecular formula is C77H87Cl2F2N9O14S3. The van der Waals surface area contributed by atoms with Crippen molar-refractivity contribution in [2.24, 2.45) is 27.8 Å². The molecular weight excluding hydrogens is 1480 g/mol. The molecule has 13 rings (SSSR count). The molecule has 8 atom stereocenters. The smallest absolute Gasteiger partial charge is 0.259 e. The summed E-state index contributed by atoms with van der Waals surface area (Å²) in [6, 6.07) is 32.3. The van der Waals surface area contributed by atoms with Crippen LogP contribution < -0.4 is 45.3 Å². The van der Waals surface area contributed by atoms with Crippen LogP contribution in [-0.4, -0.2) is 121 Å². The number of sulfonamides is 3. The molecule has 6 aromatic carbocycles. The second kappa shape index (κ2) is 31.0. The molecule has 7 aliphatic rings. The lowest BCUT2D eigenvalue weighted by molar-refractivity contribution is -0.145. The number of ether oxygens (including phenoxy) is 2. The Morgan fingerprint density at radius 2 is 0.860 bits per heavy atom. The number of carbonyl (C=O) groups excluding carboxylic acids is 6. The van der Waals surface area contributed by atoms with Crippen molar-refractivity contribution in [1.29, 1.82) is 0 Å². The maximum absolute atomic E-state index is 14.6. The molecule has 0 saturated heterocycles. The summed E-state index contributed by atoms with van der Waals surface area (Å²) in [6.45, 7) is 19.0. The first-order valence-electron chi connectivity index (χ1n) is 35.1. The number of fused-ring (bicyclic) bond motifs is 2. The van der Waals surface area contributed by atoms with Crippen LogP contribution in [0.25, 0.3) is 0 Å². The van der Waals surface area contributed by atoms with E-state index in [9.17, 15) is 62.8 Å². The van der Waals surface area contributed by atoms with Crippen LogP contribution in [0.3, 0.4) is 0 Å². The van der Waals surface area contributed by atoms with E-state index in [0.717, 1.165) is 35.1 Å². The van der Waals surface area contributed by atoms with E-state index in [2.05, 4.69) is 43.9 Å². The van der Waals surface area contributed by atoms with Crippen LogP contribution in [0.2, 0.25) is 10.0 Å². The van der Waals surface area contributed by atoms with E-state index in [1.807, 2.05) is 65.8 Å². The van der Waals surface area contributed by atoms with Gasteiger partial charge >= 0.3 is 0 Å². The zero-order chi connectivity index (χ0) is 77.5. The fourth-order valence-corrected chi connectivity index (χ4v) is 16.9. The Balaban J connectivity index is 0.000000195. The van der Waals surface area contributed by atoms with Gasteiger partial charge in [-0.05, 0) is 194 Å². The molecule has 5 fully saturated rings. The van der Waals surface area contributed by atoms with Gasteiger partial charge in [-0.2, -0.15) is 0 Å². The summed E-state index contributed by atoms with van der Waals surface area (Å²) < 4.78 is 115. The largest absolute Gasteiger partial charge is 0.457 e. The fourth-order valence-electron chi connectivity index (χ4n) is 13.0. The molecule has 2 heterocycles. The Bertz CT molecular complexity index is 4540. The van der Waals surface area contributed by atoms with Crippen molar-refractivity contribution in [3.05, 3.63) is 203 Å². The molecule has 0 unspecified atom stereocenters. The van der Waals surface area contributed by atoms with Crippen LogP contribution >= 0.6 is 23.2 Å². The van der Waals surface area contributed by atoms with E-state index in [0.29, 0.717) is 70.1 Å².